The van der Waals surface area contributed by atoms with E-state index in [9.17, 15) is 0 Å². The first-order valence-electron chi connectivity index (χ1n) is 9.20. The van der Waals surface area contributed by atoms with Gasteiger partial charge in [-0.25, -0.2) is 0 Å². The van der Waals surface area contributed by atoms with E-state index in [1.807, 2.05) is 18.2 Å². The highest BCUT2D eigenvalue weighted by Crippen LogP contribution is 2.33. The lowest BCUT2D eigenvalue weighted by Gasteiger charge is -2.26. The van der Waals surface area contributed by atoms with Crippen molar-refractivity contribution in [3.05, 3.63) is 65.7 Å². The number of nitrogens with zero attached hydrogens (tertiary/aromatic N) is 1. The molecule has 3 heteroatoms. The number of rotatable bonds is 10. The fourth-order valence-corrected chi connectivity index (χ4v) is 2.59. The highest BCUT2D eigenvalue weighted by atomic mass is 16.5. The van der Waals surface area contributed by atoms with Crippen LogP contribution in [0.4, 0.5) is 0 Å². The van der Waals surface area contributed by atoms with Gasteiger partial charge in [-0.2, -0.15) is 0 Å². The van der Waals surface area contributed by atoms with Gasteiger partial charge < -0.3 is 14.0 Å². The van der Waals surface area contributed by atoms with E-state index < -0.39 is 0 Å². The second kappa shape index (κ2) is 9.59. The summed E-state index contributed by atoms with van der Waals surface area (Å²) in [6.45, 7) is 4.58. The zero-order valence-corrected chi connectivity index (χ0v) is 16.1. The Morgan fingerprint density at radius 3 is 2.24 bits per heavy atom. The number of hydrogen-bond donors (Lipinski definition) is 0. The number of quaternary nitrogens is 1. The van der Waals surface area contributed by atoms with E-state index in [1.54, 1.807) is 0 Å². The van der Waals surface area contributed by atoms with Crippen LogP contribution < -0.4 is 4.74 Å². The van der Waals surface area contributed by atoms with Crippen LogP contribution in [0.5, 0.6) is 5.75 Å². The number of unbranched alkanes of at least 4 members (excludes halogenated alkanes) is 1. The Morgan fingerprint density at radius 2 is 1.56 bits per heavy atom. The summed E-state index contributed by atoms with van der Waals surface area (Å²) in [6.07, 6.45) is 2.09. The normalized spacial score (nSPS) is 12.8. The van der Waals surface area contributed by atoms with Crippen molar-refractivity contribution in [2.45, 2.75) is 25.9 Å². The van der Waals surface area contributed by atoms with Gasteiger partial charge in [0.2, 0.25) is 0 Å². The van der Waals surface area contributed by atoms with Crippen molar-refractivity contribution in [1.82, 2.24) is 0 Å². The first kappa shape index (κ1) is 19.5. The number of ether oxygens (including phenoxy) is 2. The van der Waals surface area contributed by atoms with Crippen molar-refractivity contribution in [2.24, 2.45) is 0 Å². The SMILES string of the molecule is CCCCOc1ccccc1[C@H](OCC[N+](C)(C)C)c1ccccc1. The largest absolute Gasteiger partial charge is 0.493 e. The molecule has 0 N–H and O–H groups in total. The molecule has 1 atom stereocenters. The first-order valence-corrected chi connectivity index (χ1v) is 9.20. The Kier molecular flexibility index (Phi) is 7.48. The number of likely N-dealkylation sites (N-methyl/N-ethyl adjacent to an activating group) is 1. The Morgan fingerprint density at radius 1 is 0.880 bits per heavy atom. The van der Waals surface area contributed by atoms with Crippen LogP contribution in [0.25, 0.3) is 0 Å². The summed E-state index contributed by atoms with van der Waals surface area (Å²) in [5.41, 5.74) is 2.27. The number of hydrogen-bond acceptors (Lipinski definition) is 2. The molecule has 2 aromatic carbocycles. The van der Waals surface area contributed by atoms with E-state index >= 15 is 0 Å². The van der Waals surface area contributed by atoms with E-state index in [2.05, 4.69) is 64.5 Å². The molecule has 2 rings (SSSR count). The van der Waals surface area contributed by atoms with Gasteiger partial charge in [0.1, 0.15) is 18.4 Å². The molecule has 0 fully saturated rings. The molecule has 0 aliphatic carbocycles. The average molecular weight is 343 g/mol. The fraction of sp³-hybridized carbons (Fsp3) is 0.455. The molecule has 0 radical (unpaired) electrons. The Balaban J connectivity index is 2.23. The lowest BCUT2D eigenvalue weighted by molar-refractivity contribution is -0.870. The summed E-state index contributed by atoms with van der Waals surface area (Å²) >= 11 is 0. The number of para-hydroxylation sites is 1. The predicted octanol–water partition coefficient (Wildman–Crippen LogP) is 4.68. The van der Waals surface area contributed by atoms with Gasteiger partial charge in [0.25, 0.3) is 0 Å². The molecule has 3 nitrogen and oxygen atoms in total. The fourth-order valence-electron chi connectivity index (χ4n) is 2.59. The second-order valence-corrected chi connectivity index (χ2v) is 7.42. The molecule has 0 amide bonds. The molecule has 25 heavy (non-hydrogen) atoms. The lowest BCUT2D eigenvalue weighted by Crippen LogP contribution is -2.37. The van der Waals surface area contributed by atoms with Crippen LogP contribution in [-0.4, -0.2) is 45.4 Å². The van der Waals surface area contributed by atoms with Crippen molar-refractivity contribution >= 4 is 0 Å². The van der Waals surface area contributed by atoms with Crippen LogP contribution in [0.1, 0.15) is 37.0 Å². The molecule has 136 valence electrons. The van der Waals surface area contributed by atoms with Crippen molar-refractivity contribution in [3.63, 3.8) is 0 Å². The molecule has 0 aromatic heterocycles. The quantitative estimate of drug-likeness (QED) is 0.461. The second-order valence-electron chi connectivity index (χ2n) is 7.42. The maximum absolute atomic E-state index is 6.34. The average Bonchev–Trinajstić information content (AvgIpc) is 2.60. The van der Waals surface area contributed by atoms with Crippen molar-refractivity contribution in [1.29, 1.82) is 0 Å². The minimum Gasteiger partial charge on any atom is -0.493 e. The summed E-state index contributed by atoms with van der Waals surface area (Å²) in [7, 11) is 6.55. The van der Waals surface area contributed by atoms with Crippen LogP contribution in [0.2, 0.25) is 0 Å². The van der Waals surface area contributed by atoms with Crippen molar-refractivity contribution in [3.8, 4) is 5.75 Å². The summed E-state index contributed by atoms with van der Waals surface area (Å²) in [6, 6.07) is 18.7. The molecule has 0 bridgehead atoms. The van der Waals surface area contributed by atoms with Crippen LogP contribution in [-0.2, 0) is 4.74 Å². The van der Waals surface area contributed by atoms with Gasteiger partial charge in [-0.1, -0.05) is 61.9 Å². The zero-order chi connectivity index (χ0) is 18.1. The topological polar surface area (TPSA) is 18.5 Å². The van der Waals surface area contributed by atoms with E-state index in [4.69, 9.17) is 9.47 Å². The molecule has 0 spiro atoms. The van der Waals surface area contributed by atoms with Gasteiger partial charge in [0.05, 0.1) is 34.4 Å². The maximum atomic E-state index is 6.34. The smallest absolute Gasteiger partial charge is 0.125 e. The van der Waals surface area contributed by atoms with E-state index in [1.165, 1.54) is 0 Å². The van der Waals surface area contributed by atoms with Crippen LogP contribution in [0, 0.1) is 0 Å². The van der Waals surface area contributed by atoms with Gasteiger partial charge in [-0.05, 0) is 18.1 Å². The molecule has 0 saturated heterocycles. The standard InChI is InChI=1S/C22H32NO2/c1-5-6-17-24-21-15-11-10-14-20(21)22(19-12-8-7-9-13-19)25-18-16-23(2,3)4/h7-15,22H,5-6,16-18H2,1-4H3/q+1/t22-/m1/s1. The minimum atomic E-state index is -0.106. The Hall–Kier alpha value is -1.84. The van der Waals surface area contributed by atoms with Crippen molar-refractivity contribution in [2.75, 3.05) is 40.9 Å². The molecule has 2 aromatic rings. The van der Waals surface area contributed by atoms with Gasteiger partial charge in [0, 0.05) is 5.56 Å². The highest BCUT2D eigenvalue weighted by Gasteiger charge is 2.20. The van der Waals surface area contributed by atoms with Crippen LogP contribution in [0.15, 0.2) is 54.6 Å². The predicted molar refractivity (Wildman–Crippen MR) is 104 cm³/mol. The third-order valence-corrected chi connectivity index (χ3v) is 4.11. The first-order chi connectivity index (χ1) is 12.0. The van der Waals surface area contributed by atoms with Gasteiger partial charge >= 0.3 is 0 Å². The zero-order valence-electron chi connectivity index (χ0n) is 16.1. The third-order valence-electron chi connectivity index (χ3n) is 4.11. The molecule has 0 saturated carbocycles. The summed E-state index contributed by atoms with van der Waals surface area (Å²) in [5, 5.41) is 0. The van der Waals surface area contributed by atoms with Crippen LogP contribution in [0.3, 0.4) is 0 Å². The lowest BCUT2D eigenvalue weighted by atomic mass is 10.0. The molecule has 0 aliphatic heterocycles. The summed E-state index contributed by atoms with van der Waals surface area (Å²) < 4.78 is 13.3. The monoisotopic (exact) mass is 342 g/mol. The van der Waals surface area contributed by atoms with Gasteiger partial charge in [-0.3, -0.25) is 0 Å². The highest BCUT2D eigenvalue weighted by molar-refractivity contribution is 5.40. The van der Waals surface area contributed by atoms with Gasteiger partial charge in [-0.15, -0.1) is 0 Å². The molecular weight excluding hydrogens is 310 g/mol. The van der Waals surface area contributed by atoms with Crippen LogP contribution >= 0.6 is 0 Å². The van der Waals surface area contributed by atoms with E-state index in [0.717, 1.165) is 47.4 Å². The number of benzene rings is 2. The summed E-state index contributed by atoms with van der Waals surface area (Å²) in [4.78, 5) is 0. The Labute approximate surface area is 152 Å². The summed E-state index contributed by atoms with van der Waals surface area (Å²) in [5.74, 6) is 0.926. The molecular formula is C22H32NO2+. The molecule has 0 heterocycles. The molecule has 0 aliphatic rings. The minimum absolute atomic E-state index is 0.106. The molecule has 0 unspecified atom stereocenters. The van der Waals surface area contributed by atoms with E-state index in [-0.39, 0.29) is 6.10 Å². The van der Waals surface area contributed by atoms with E-state index in [0.29, 0.717) is 6.61 Å². The maximum Gasteiger partial charge on any atom is 0.125 e. The third kappa shape index (κ3) is 6.52. The van der Waals surface area contributed by atoms with Crippen molar-refractivity contribution < 1.29 is 14.0 Å². The van der Waals surface area contributed by atoms with Gasteiger partial charge in [0.15, 0.2) is 0 Å². The Bertz CT molecular complexity index is 619.